The summed E-state index contributed by atoms with van der Waals surface area (Å²) in [6.07, 6.45) is 43.9. The Morgan fingerprint density at radius 1 is 0.673 bits per heavy atom. The quantitative estimate of drug-likeness (QED) is 0.0255. The predicted octanol–water partition coefficient (Wildman–Crippen LogP) is 11.1. The molecule has 0 rings (SSSR count). The highest BCUT2D eigenvalue weighted by molar-refractivity contribution is 7.47. The Morgan fingerprint density at radius 2 is 1.15 bits per heavy atom. The first-order chi connectivity index (χ1) is 25.0. The van der Waals surface area contributed by atoms with Crippen LogP contribution in [0.2, 0.25) is 0 Å². The van der Waals surface area contributed by atoms with Crippen molar-refractivity contribution in [3.05, 3.63) is 60.8 Å². The van der Waals surface area contributed by atoms with Gasteiger partial charge in [0.1, 0.15) is 13.2 Å². The Balaban J connectivity index is 4.47. The van der Waals surface area contributed by atoms with Gasteiger partial charge >= 0.3 is 7.82 Å². The summed E-state index contributed by atoms with van der Waals surface area (Å²) in [7, 11) is 1.58. The Hall–Kier alpha value is -1.80. The molecule has 0 aromatic heterocycles. The molecular formula is C43H80N2O6P+. The number of phosphoric ester groups is 1. The van der Waals surface area contributed by atoms with Crippen molar-refractivity contribution in [2.24, 2.45) is 0 Å². The third-order valence-electron chi connectivity index (χ3n) is 8.78. The van der Waals surface area contributed by atoms with Gasteiger partial charge in [0.25, 0.3) is 0 Å². The average molecular weight is 752 g/mol. The number of aliphatic hydroxyl groups excluding tert-OH is 1. The number of amides is 1. The van der Waals surface area contributed by atoms with Crippen molar-refractivity contribution in [1.82, 2.24) is 5.32 Å². The number of rotatable bonds is 36. The summed E-state index contributed by atoms with van der Waals surface area (Å²) in [6.45, 7) is 4.71. The number of quaternary nitrogens is 1. The fourth-order valence-corrected chi connectivity index (χ4v) is 6.22. The molecule has 3 unspecified atom stereocenters. The van der Waals surface area contributed by atoms with Crippen molar-refractivity contribution >= 4 is 13.7 Å². The first kappa shape index (κ1) is 50.2. The minimum absolute atomic E-state index is 0.0647. The number of likely N-dealkylation sites (N-methyl/N-ethyl adjacent to an activating group) is 1. The molecule has 0 aliphatic rings. The van der Waals surface area contributed by atoms with E-state index in [1.54, 1.807) is 0 Å². The Kier molecular flexibility index (Phi) is 33.7. The van der Waals surface area contributed by atoms with Crippen LogP contribution in [0.3, 0.4) is 0 Å². The third kappa shape index (κ3) is 36.6. The summed E-state index contributed by atoms with van der Waals surface area (Å²) in [5, 5.41) is 13.9. The van der Waals surface area contributed by atoms with Gasteiger partial charge in [-0.05, 0) is 57.8 Å². The average Bonchev–Trinajstić information content (AvgIpc) is 3.09. The second-order valence-electron chi connectivity index (χ2n) is 15.0. The fraction of sp³-hybridized carbons (Fsp3) is 0.744. The molecule has 0 aliphatic carbocycles. The predicted molar refractivity (Wildman–Crippen MR) is 221 cm³/mol. The second kappa shape index (κ2) is 34.9. The lowest BCUT2D eigenvalue weighted by Crippen LogP contribution is -2.46. The van der Waals surface area contributed by atoms with Gasteiger partial charge in [0, 0.05) is 6.42 Å². The van der Waals surface area contributed by atoms with Gasteiger partial charge in [-0.2, -0.15) is 0 Å². The monoisotopic (exact) mass is 752 g/mol. The maximum atomic E-state index is 12.8. The highest BCUT2D eigenvalue weighted by Crippen LogP contribution is 2.43. The van der Waals surface area contributed by atoms with Gasteiger partial charge in [-0.25, -0.2) is 4.57 Å². The van der Waals surface area contributed by atoms with Gasteiger partial charge in [-0.15, -0.1) is 0 Å². The van der Waals surface area contributed by atoms with Crippen molar-refractivity contribution in [2.45, 2.75) is 167 Å². The minimum Gasteiger partial charge on any atom is -0.391 e. The number of hydrogen-bond acceptors (Lipinski definition) is 5. The van der Waals surface area contributed by atoms with Gasteiger partial charge in [-0.1, -0.05) is 152 Å². The van der Waals surface area contributed by atoms with E-state index in [-0.39, 0.29) is 19.1 Å². The Labute approximate surface area is 320 Å². The van der Waals surface area contributed by atoms with E-state index in [4.69, 9.17) is 9.05 Å². The highest BCUT2D eigenvalue weighted by Gasteiger charge is 2.28. The van der Waals surface area contributed by atoms with Gasteiger partial charge < -0.3 is 19.8 Å². The van der Waals surface area contributed by atoms with E-state index < -0.39 is 20.0 Å². The van der Waals surface area contributed by atoms with Crippen molar-refractivity contribution in [3.63, 3.8) is 0 Å². The first-order valence-corrected chi connectivity index (χ1v) is 22.1. The molecule has 3 atom stereocenters. The molecule has 302 valence electrons. The Morgan fingerprint density at radius 3 is 1.67 bits per heavy atom. The molecule has 9 heteroatoms. The number of allylic oxidation sites excluding steroid dienone is 10. The number of carbonyl (C=O) groups is 1. The SMILES string of the molecule is CC/C=C\C/C=C\C/C=C\C/C=C\C/C=C\CCCCCC(=O)NC(COP(=O)(O)OCC[N+](C)(C)C)C(O)CCCCCCCCCCCCC. The lowest BCUT2D eigenvalue weighted by Gasteiger charge is -2.26. The maximum Gasteiger partial charge on any atom is 0.472 e. The van der Waals surface area contributed by atoms with Crippen LogP contribution in [0.4, 0.5) is 0 Å². The van der Waals surface area contributed by atoms with E-state index in [9.17, 15) is 19.4 Å². The van der Waals surface area contributed by atoms with E-state index in [1.807, 2.05) is 21.1 Å². The van der Waals surface area contributed by atoms with Crippen molar-refractivity contribution < 1.29 is 32.9 Å². The molecule has 1 amide bonds. The van der Waals surface area contributed by atoms with E-state index >= 15 is 0 Å². The van der Waals surface area contributed by atoms with Gasteiger partial charge in [0.05, 0.1) is 39.9 Å². The van der Waals surface area contributed by atoms with Crippen molar-refractivity contribution in [3.8, 4) is 0 Å². The molecule has 0 saturated heterocycles. The van der Waals surface area contributed by atoms with Crippen LogP contribution in [0.1, 0.15) is 155 Å². The first-order valence-electron chi connectivity index (χ1n) is 20.7. The summed E-state index contributed by atoms with van der Waals surface area (Å²) in [5.41, 5.74) is 0. The topological polar surface area (TPSA) is 105 Å². The molecular weight excluding hydrogens is 671 g/mol. The molecule has 0 aromatic rings. The molecule has 0 aliphatic heterocycles. The summed E-state index contributed by atoms with van der Waals surface area (Å²) in [5.74, 6) is -0.180. The van der Waals surface area contributed by atoms with Crippen LogP contribution >= 0.6 is 7.82 Å². The number of nitrogens with one attached hydrogen (secondary N) is 1. The number of aliphatic hydroxyl groups is 1. The molecule has 3 N–H and O–H groups in total. The van der Waals surface area contributed by atoms with Crippen LogP contribution in [-0.4, -0.2) is 73.4 Å². The molecule has 0 spiro atoms. The largest absolute Gasteiger partial charge is 0.472 e. The Bertz CT molecular complexity index is 1030. The van der Waals surface area contributed by atoms with E-state index in [0.717, 1.165) is 77.0 Å². The van der Waals surface area contributed by atoms with Crippen LogP contribution in [0, 0.1) is 0 Å². The molecule has 52 heavy (non-hydrogen) atoms. The minimum atomic E-state index is -4.32. The number of hydrogen-bond donors (Lipinski definition) is 3. The van der Waals surface area contributed by atoms with Crippen molar-refractivity contribution in [2.75, 3.05) is 40.9 Å². The zero-order valence-corrected chi connectivity index (χ0v) is 34.9. The maximum absolute atomic E-state index is 12.8. The molecule has 0 heterocycles. The summed E-state index contributed by atoms with van der Waals surface area (Å²) in [4.78, 5) is 23.1. The third-order valence-corrected chi connectivity index (χ3v) is 9.76. The standard InChI is InChI=1S/C43H79N2O6P/c1-6-8-10-12-14-16-18-19-20-21-22-23-24-25-27-29-31-33-35-37-43(47)44-41(40-51-52(48,49)50-39-38-45(3,4)5)42(46)36-34-32-30-28-26-17-15-13-11-9-7-2/h8,10,14,16,19-20,22-23,25,27,41-42,46H,6-7,9,11-13,15,17-18,21,24,26,28-40H2,1-5H3,(H-,44,47,48,49)/p+1/b10-8-,16-14-,20-19-,23-22-,27-25-. The molecule has 0 saturated carbocycles. The van der Waals surface area contributed by atoms with Crippen LogP contribution in [0.15, 0.2) is 60.8 Å². The van der Waals surface area contributed by atoms with E-state index in [2.05, 4.69) is 79.9 Å². The normalized spacial score (nSPS) is 15.1. The summed E-state index contributed by atoms with van der Waals surface area (Å²) >= 11 is 0. The van der Waals surface area contributed by atoms with Gasteiger partial charge in [-0.3, -0.25) is 13.8 Å². The van der Waals surface area contributed by atoms with Crippen LogP contribution in [0.5, 0.6) is 0 Å². The van der Waals surface area contributed by atoms with Gasteiger partial charge in [0.2, 0.25) is 5.91 Å². The number of unbranched alkanes of at least 4 members (excludes halogenated alkanes) is 13. The van der Waals surface area contributed by atoms with Crippen LogP contribution < -0.4 is 5.32 Å². The number of nitrogens with zero attached hydrogens (tertiary/aromatic N) is 1. The van der Waals surface area contributed by atoms with Crippen molar-refractivity contribution in [1.29, 1.82) is 0 Å². The summed E-state index contributed by atoms with van der Waals surface area (Å²) in [6, 6.07) is -0.778. The molecule has 0 bridgehead atoms. The highest BCUT2D eigenvalue weighted by atomic mass is 31.2. The molecule has 0 fully saturated rings. The zero-order chi connectivity index (χ0) is 38.6. The number of carbonyl (C=O) groups excluding carboxylic acids is 1. The zero-order valence-electron chi connectivity index (χ0n) is 34.0. The second-order valence-corrected chi connectivity index (χ2v) is 16.4. The van der Waals surface area contributed by atoms with Crippen LogP contribution in [-0.2, 0) is 18.4 Å². The lowest BCUT2D eigenvalue weighted by atomic mass is 10.0. The fourth-order valence-electron chi connectivity index (χ4n) is 5.48. The summed E-state index contributed by atoms with van der Waals surface area (Å²) < 4.78 is 23.5. The number of phosphoric acid groups is 1. The van der Waals surface area contributed by atoms with Crippen LogP contribution in [0.25, 0.3) is 0 Å². The molecule has 0 aromatic carbocycles. The molecule has 8 nitrogen and oxygen atoms in total. The lowest BCUT2D eigenvalue weighted by molar-refractivity contribution is -0.870. The van der Waals surface area contributed by atoms with Gasteiger partial charge in [0.15, 0.2) is 0 Å². The van der Waals surface area contributed by atoms with E-state index in [0.29, 0.717) is 23.9 Å². The smallest absolute Gasteiger partial charge is 0.391 e. The molecule has 0 radical (unpaired) electrons. The van der Waals surface area contributed by atoms with E-state index in [1.165, 1.54) is 51.4 Å².